The number of carbonyl (C=O) groups excluding carboxylic acids is 1. The number of carbonyl (C=O) groups is 1. The van der Waals surface area contributed by atoms with E-state index in [0.717, 1.165) is 38.0 Å². The summed E-state index contributed by atoms with van der Waals surface area (Å²) in [6.45, 7) is 1.71. The Balaban J connectivity index is 1.77. The van der Waals surface area contributed by atoms with Gasteiger partial charge in [0.05, 0.1) is 16.1 Å². The third-order valence-electron chi connectivity index (χ3n) is 4.63. The summed E-state index contributed by atoms with van der Waals surface area (Å²) in [6.07, 6.45) is 4.62. The molecular weight excluding hydrogens is 378 g/mol. The molecule has 2 aromatic carbocycles. The van der Waals surface area contributed by atoms with E-state index in [-0.39, 0.29) is 16.9 Å². The normalized spacial score (nSPS) is 14.0. The third kappa shape index (κ3) is 4.92. The molecule has 0 bridgehead atoms. The molecule has 0 saturated carbocycles. The summed E-state index contributed by atoms with van der Waals surface area (Å²) < 4.78 is 0. The number of hydrazone groups is 1. The highest BCUT2D eigenvalue weighted by Crippen LogP contribution is 2.27. The molecular formula is C19H19N5O5. The van der Waals surface area contributed by atoms with E-state index < -0.39 is 15.8 Å². The Labute approximate surface area is 166 Å². The quantitative estimate of drug-likeness (QED) is 0.452. The number of amides is 1. The number of non-ortho nitro benzene ring substituents is 2. The topological polar surface area (TPSA) is 131 Å². The highest BCUT2D eigenvalue weighted by Gasteiger charge is 2.17. The number of nitro benzene ring substituents is 2. The Morgan fingerprint density at radius 2 is 1.59 bits per heavy atom. The van der Waals surface area contributed by atoms with Gasteiger partial charge < -0.3 is 4.90 Å². The van der Waals surface area contributed by atoms with Crippen LogP contribution in [0, 0.1) is 20.2 Å². The van der Waals surface area contributed by atoms with Gasteiger partial charge in [0, 0.05) is 54.2 Å². The van der Waals surface area contributed by atoms with Gasteiger partial charge in [0.1, 0.15) is 0 Å². The maximum absolute atomic E-state index is 12.2. The van der Waals surface area contributed by atoms with Gasteiger partial charge in [0.2, 0.25) is 0 Å². The van der Waals surface area contributed by atoms with Crippen LogP contribution in [0.1, 0.15) is 35.2 Å². The van der Waals surface area contributed by atoms with Crippen molar-refractivity contribution in [1.82, 2.24) is 5.43 Å². The van der Waals surface area contributed by atoms with Gasteiger partial charge in [0.15, 0.2) is 0 Å². The lowest BCUT2D eigenvalue weighted by atomic mass is 10.1. The number of piperidine rings is 1. The fraction of sp³-hybridized carbons (Fsp3) is 0.263. The van der Waals surface area contributed by atoms with Crippen molar-refractivity contribution in [2.24, 2.45) is 5.10 Å². The van der Waals surface area contributed by atoms with Crippen LogP contribution in [0.25, 0.3) is 0 Å². The average Bonchev–Trinajstić information content (AvgIpc) is 2.74. The molecule has 1 aliphatic heterocycles. The third-order valence-corrected chi connectivity index (χ3v) is 4.63. The fourth-order valence-electron chi connectivity index (χ4n) is 3.14. The Hall–Kier alpha value is -3.82. The smallest absolute Gasteiger partial charge is 0.271 e. The number of hydrogen-bond donors (Lipinski definition) is 1. The minimum absolute atomic E-state index is 0.0612. The molecule has 150 valence electrons. The van der Waals surface area contributed by atoms with Crippen LogP contribution in [0.5, 0.6) is 0 Å². The number of nitrogens with one attached hydrogen (secondary N) is 1. The van der Waals surface area contributed by atoms with Crippen molar-refractivity contribution >= 4 is 29.2 Å². The van der Waals surface area contributed by atoms with Crippen molar-refractivity contribution in [2.75, 3.05) is 18.0 Å². The first kappa shape index (κ1) is 19.9. The first-order valence-corrected chi connectivity index (χ1v) is 9.07. The number of hydrogen-bond acceptors (Lipinski definition) is 7. The van der Waals surface area contributed by atoms with Crippen molar-refractivity contribution in [3.8, 4) is 0 Å². The van der Waals surface area contributed by atoms with Gasteiger partial charge in [0.25, 0.3) is 17.3 Å². The van der Waals surface area contributed by atoms with E-state index in [1.165, 1.54) is 42.6 Å². The predicted molar refractivity (Wildman–Crippen MR) is 107 cm³/mol. The van der Waals surface area contributed by atoms with Gasteiger partial charge in [-0.05, 0) is 37.5 Å². The van der Waals surface area contributed by atoms with Crippen LogP contribution in [0.3, 0.4) is 0 Å². The summed E-state index contributed by atoms with van der Waals surface area (Å²) in [5.41, 5.74) is 3.73. The number of nitro groups is 2. The molecule has 0 radical (unpaired) electrons. The van der Waals surface area contributed by atoms with Crippen molar-refractivity contribution < 1.29 is 14.6 Å². The number of benzene rings is 2. The molecule has 0 aliphatic carbocycles. The summed E-state index contributed by atoms with van der Waals surface area (Å²) in [4.78, 5) is 35.1. The molecule has 0 unspecified atom stereocenters. The second-order valence-corrected chi connectivity index (χ2v) is 6.55. The van der Waals surface area contributed by atoms with Crippen LogP contribution in [0.4, 0.5) is 17.1 Å². The molecule has 10 nitrogen and oxygen atoms in total. The lowest BCUT2D eigenvalue weighted by Crippen LogP contribution is -2.30. The van der Waals surface area contributed by atoms with Crippen LogP contribution in [0.2, 0.25) is 0 Å². The SMILES string of the molecule is O=C(NN=Cc1cc([N+](=O)[O-])ccc1N1CCCCC1)c1ccc([N+](=O)[O-])cc1. The molecule has 0 atom stereocenters. The molecule has 1 fully saturated rings. The van der Waals surface area contributed by atoms with Gasteiger partial charge in [-0.25, -0.2) is 5.43 Å². The van der Waals surface area contributed by atoms with Crippen molar-refractivity contribution in [3.05, 3.63) is 73.8 Å². The number of anilines is 1. The maximum atomic E-state index is 12.2. The second-order valence-electron chi connectivity index (χ2n) is 6.55. The van der Waals surface area contributed by atoms with E-state index in [2.05, 4.69) is 15.4 Å². The summed E-state index contributed by atoms with van der Waals surface area (Å²) in [5, 5.41) is 25.7. The van der Waals surface area contributed by atoms with E-state index in [1.807, 2.05) is 0 Å². The summed E-state index contributed by atoms with van der Waals surface area (Å²) in [7, 11) is 0. The van der Waals surface area contributed by atoms with Gasteiger partial charge in [-0.1, -0.05) is 0 Å². The fourth-order valence-corrected chi connectivity index (χ4v) is 3.14. The minimum atomic E-state index is -0.551. The molecule has 2 aromatic rings. The maximum Gasteiger partial charge on any atom is 0.271 e. The monoisotopic (exact) mass is 397 g/mol. The van der Waals surface area contributed by atoms with Crippen LogP contribution >= 0.6 is 0 Å². The molecule has 1 saturated heterocycles. The summed E-state index contributed by atoms with van der Waals surface area (Å²) in [5.74, 6) is -0.541. The molecule has 1 N–H and O–H groups in total. The zero-order valence-electron chi connectivity index (χ0n) is 15.5. The molecule has 10 heteroatoms. The Morgan fingerprint density at radius 1 is 0.966 bits per heavy atom. The summed E-state index contributed by atoms with van der Waals surface area (Å²) >= 11 is 0. The van der Waals surface area contributed by atoms with Crippen LogP contribution in [-0.2, 0) is 0 Å². The lowest BCUT2D eigenvalue weighted by Gasteiger charge is -2.29. The molecule has 0 spiro atoms. The molecule has 0 aromatic heterocycles. The Kier molecular flexibility index (Phi) is 6.12. The molecule has 1 amide bonds. The van der Waals surface area contributed by atoms with Gasteiger partial charge in [-0.2, -0.15) is 5.10 Å². The van der Waals surface area contributed by atoms with E-state index >= 15 is 0 Å². The van der Waals surface area contributed by atoms with Crippen LogP contribution in [0.15, 0.2) is 47.6 Å². The number of rotatable bonds is 6. The van der Waals surface area contributed by atoms with E-state index in [4.69, 9.17) is 0 Å². The average molecular weight is 397 g/mol. The predicted octanol–water partition coefficient (Wildman–Crippen LogP) is 3.26. The van der Waals surface area contributed by atoms with Gasteiger partial charge >= 0.3 is 0 Å². The molecule has 29 heavy (non-hydrogen) atoms. The van der Waals surface area contributed by atoms with Crippen molar-refractivity contribution in [1.29, 1.82) is 0 Å². The molecule has 3 rings (SSSR count). The molecule has 1 heterocycles. The first-order chi connectivity index (χ1) is 14.0. The highest BCUT2D eigenvalue weighted by atomic mass is 16.6. The van der Waals surface area contributed by atoms with Crippen LogP contribution < -0.4 is 10.3 Å². The van der Waals surface area contributed by atoms with Gasteiger partial charge in [-0.15, -0.1) is 0 Å². The standard InChI is InChI=1S/C19H19N5O5/c25-19(14-4-6-16(7-5-14)23(26)27)21-20-13-15-12-17(24(28)29)8-9-18(15)22-10-2-1-3-11-22/h4-9,12-13H,1-3,10-11H2,(H,21,25). The zero-order valence-corrected chi connectivity index (χ0v) is 15.5. The van der Waals surface area contributed by atoms with E-state index in [9.17, 15) is 25.0 Å². The lowest BCUT2D eigenvalue weighted by molar-refractivity contribution is -0.385. The molecule has 1 aliphatic rings. The van der Waals surface area contributed by atoms with E-state index in [1.54, 1.807) is 6.07 Å². The largest absolute Gasteiger partial charge is 0.371 e. The second kappa shape index (κ2) is 8.91. The first-order valence-electron chi connectivity index (χ1n) is 9.07. The summed E-state index contributed by atoms with van der Waals surface area (Å²) in [6, 6.07) is 9.69. The Bertz CT molecular complexity index is 952. The minimum Gasteiger partial charge on any atom is -0.371 e. The zero-order chi connectivity index (χ0) is 20.8. The highest BCUT2D eigenvalue weighted by molar-refractivity contribution is 5.96. The van der Waals surface area contributed by atoms with Gasteiger partial charge in [-0.3, -0.25) is 25.0 Å². The van der Waals surface area contributed by atoms with E-state index in [0.29, 0.717) is 5.56 Å². The van der Waals surface area contributed by atoms with Crippen molar-refractivity contribution in [2.45, 2.75) is 19.3 Å². The van der Waals surface area contributed by atoms with Crippen LogP contribution in [-0.4, -0.2) is 35.1 Å². The Morgan fingerprint density at radius 3 is 2.21 bits per heavy atom. The van der Waals surface area contributed by atoms with Crippen molar-refractivity contribution in [3.63, 3.8) is 0 Å². The number of nitrogens with zero attached hydrogens (tertiary/aromatic N) is 4.